The van der Waals surface area contributed by atoms with Crippen molar-refractivity contribution in [2.45, 2.75) is 32.2 Å². The van der Waals surface area contributed by atoms with Crippen LogP contribution in [0.5, 0.6) is 5.75 Å². The SMILES string of the molecule is CC(C)Oc1ccc(C(O)C2CSCCO2)cc1. The Morgan fingerprint density at radius 1 is 1.33 bits per heavy atom. The molecule has 0 spiro atoms. The third-order valence-electron chi connectivity index (χ3n) is 2.79. The number of aliphatic hydroxyl groups is 1. The van der Waals surface area contributed by atoms with E-state index in [4.69, 9.17) is 9.47 Å². The molecule has 18 heavy (non-hydrogen) atoms. The lowest BCUT2D eigenvalue weighted by atomic mass is 10.1. The summed E-state index contributed by atoms with van der Waals surface area (Å²) in [6.45, 7) is 4.71. The van der Waals surface area contributed by atoms with Crippen LogP contribution in [0.25, 0.3) is 0 Å². The second-order valence-corrected chi connectivity index (χ2v) is 5.81. The lowest BCUT2D eigenvalue weighted by Gasteiger charge is -2.27. The monoisotopic (exact) mass is 268 g/mol. The van der Waals surface area contributed by atoms with E-state index in [-0.39, 0.29) is 12.2 Å². The molecule has 0 bridgehead atoms. The van der Waals surface area contributed by atoms with Gasteiger partial charge in [0.1, 0.15) is 11.9 Å². The van der Waals surface area contributed by atoms with Gasteiger partial charge in [0, 0.05) is 11.5 Å². The van der Waals surface area contributed by atoms with Crippen molar-refractivity contribution < 1.29 is 14.6 Å². The van der Waals surface area contributed by atoms with E-state index >= 15 is 0 Å². The molecule has 100 valence electrons. The van der Waals surface area contributed by atoms with Gasteiger partial charge in [-0.2, -0.15) is 11.8 Å². The summed E-state index contributed by atoms with van der Waals surface area (Å²) < 4.78 is 11.2. The predicted molar refractivity (Wildman–Crippen MR) is 74.2 cm³/mol. The number of thioether (sulfide) groups is 1. The topological polar surface area (TPSA) is 38.7 Å². The third kappa shape index (κ3) is 3.64. The van der Waals surface area contributed by atoms with Crippen LogP contribution < -0.4 is 4.74 Å². The van der Waals surface area contributed by atoms with Gasteiger partial charge in [0.25, 0.3) is 0 Å². The van der Waals surface area contributed by atoms with Gasteiger partial charge in [-0.05, 0) is 31.5 Å². The van der Waals surface area contributed by atoms with Crippen molar-refractivity contribution >= 4 is 11.8 Å². The van der Waals surface area contributed by atoms with Crippen LogP contribution in [0.4, 0.5) is 0 Å². The van der Waals surface area contributed by atoms with E-state index in [2.05, 4.69) is 0 Å². The second kappa shape index (κ2) is 6.45. The Kier molecular flexibility index (Phi) is 4.92. The summed E-state index contributed by atoms with van der Waals surface area (Å²) in [5.74, 6) is 2.70. The Labute approximate surface area is 112 Å². The highest BCUT2D eigenvalue weighted by Crippen LogP contribution is 2.26. The number of aliphatic hydroxyl groups excluding tert-OH is 1. The molecule has 0 aliphatic carbocycles. The first-order valence-corrected chi connectivity index (χ1v) is 7.46. The third-order valence-corrected chi connectivity index (χ3v) is 3.81. The first-order chi connectivity index (χ1) is 8.66. The minimum atomic E-state index is -0.550. The summed E-state index contributed by atoms with van der Waals surface area (Å²) in [6, 6.07) is 7.61. The maximum absolute atomic E-state index is 10.2. The molecule has 4 heteroatoms. The van der Waals surface area contributed by atoms with Crippen molar-refractivity contribution in [3.8, 4) is 5.75 Å². The van der Waals surface area contributed by atoms with Crippen LogP contribution in [0.15, 0.2) is 24.3 Å². The number of benzene rings is 1. The van der Waals surface area contributed by atoms with Crippen LogP contribution in [-0.2, 0) is 4.74 Å². The van der Waals surface area contributed by atoms with Crippen LogP contribution in [0.1, 0.15) is 25.5 Å². The lowest BCUT2D eigenvalue weighted by Crippen LogP contribution is -2.29. The van der Waals surface area contributed by atoms with Gasteiger partial charge in [-0.1, -0.05) is 12.1 Å². The van der Waals surface area contributed by atoms with Gasteiger partial charge >= 0.3 is 0 Å². The molecule has 0 aromatic heterocycles. The van der Waals surface area contributed by atoms with Crippen molar-refractivity contribution in [2.24, 2.45) is 0 Å². The standard InChI is InChI=1S/C14H20O3S/c1-10(2)17-12-5-3-11(4-6-12)14(15)13-9-18-8-7-16-13/h3-6,10,13-15H,7-9H2,1-2H3. The zero-order valence-corrected chi connectivity index (χ0v) is 11.7. The molecule has 1 aliphatic heterocycles. The minimum Gasteiger partial charge on any atom is -0.491 e. The first-order valence-electron chi connectivity index (χ1n) is 6.31. The fourth-order valence-corrected chi connectivity index (χ4v) is 2.81. The largest absolute Gasteiger partial charge is 0.491 e. The summed E-state index contributed by atoms with van der Waals surface area (Å²) in [4.78, 5) is 0. The smallest absolute Gasteiger partial charge is 0.119 e. The quantitative estimate of drug-likeness (QED) is 0.911. The average molecular weight is 268 g/mol. The highest BCUT2D eigenvalue weighted by Gasteiger charge is 2.24. The van der Waals surface area contributed by atoms with Crippen LogP contribution >= 0.6 is 11.8 Å². The Balaban J connectivity index is 1.99. The van der Waals surface area contributed by atoms with Crippen molar-refractivity contribution in [1.29, 1.82) is 0 Å². The zero-order valence-electron chi connectivity index (χ0n) is 10.8. The summed E-state index contributed by atoms with van der Waals surface area (Å²) in [7, 11) is 0. The molecule has 1 aromatic carbocycles. The van der Waals surface area contributed by atoms with Gasteiger partial charge in [-0.25, -0.2) is 0 Å². The van der Waals surface area contributed by atoms with Crippen molar-refractivity contribution in [2.75, 3.05) is 18.1 Å². The van der Waals surface area contributed by atoms with Crippen molar-refractivity contribution in [3.63, 3.8) is 0 Å². The average Bonchev–Trinajstić information content (AvgIpc) is 2.39. The first kappa shape index (κ1) is 13.7. The summed E-state index contributed by atoms with van der Waals surface area (Å²) in [5.41, 5.74) is 0.888. The molecule has 2 rings (SSSR count). The van der Waals surface area contributed by atoms with Gasteiger partial charge in [-0.15, -0.1) is 0 Å². The van der Waals surface area contributed by atoms with Crippen LogP contribution in [0.2, 0.25) is 0 Å². The van der Waals surface area contributed by atoms with Gasteiger partial charge < -0.3 is 14.6 Å². The molecule has 0 radical (unpaired) electrons. The molecule has 1 N–H and O–H groups in total. The van der Waals surface area contributed by atoms with Crippen molar-refractivity contribution in [3.05, 3.63) is 29.8 Å². The molecule has 1 heterocycles. The predicted octanol–water partition coefficient (Wildman–Crippen LogP) is 2.64. The fourth-order valence-electron chi connectivity index (χ4n) is 1.92. The molecular weight excluding hydrogens is 248 g/mol. The van der Waals surface area contributed by atoms with Gasteiger partial charge in [0.05, 0.1) is 18.8 Å². The van der Waals surface area contributed by atoms with E-state index in [1.807, 2.05) is 49.9 Å². The molecule has 1 aliphatic rings. The second-order valence-electron chi connectivity index (χ2n) is 4.66. The molecule has 0 saturated carbocycles. The van der Waals surface area contributed by atoms with Crippen molar-refractivity contribution in [1.82, 2.24) is 0 Å². The summed E-state index contributed by atoms with van der Waals surface area (Å²) in [6.07, 6.45) is -0.481. The Morgan fingerprint density at radius 2 is 2.06 bits per heavy atom. The molecule has 1 fully saturated rings. The van der Waals surface area contributed by atoms with E-state index < -0.39 is 6.10 Å². The molecule has 2 atom stereocenters. The van der Waals surface area contributed by atoms with Crippen LogP contribution in [-0.4, -0.2) is 35.4 Å². The molecule has 1 saturated heterocycles. The van der Waals surface area contributed by atoms with Crippen LogP contribution in [0.3, 0.4) is 0 Å². The molecule has 0 amide bonds. The van der Waals surface area contributed by atoms with Gasteiger partial charge in [0.15, 0.2) is 0 Å². The lowest BCUT2D eigenvalue weighted by molar-refractivity contribution is -0.0227. The highest BCUT2D eigenvalue weighted by molar-refractivity contribution is 7.99. The molecule has 3 nitrogen and oxygen atoms in total. The Hall–Kier alpha value is -0.710. The molecule has 1 aromatic rings. The Morgan fingerprint density at radius 3 is 2.61 bits per heavy atom. The Bertz CT molecular complexity index is 358. The van der Waals surface area contributed by atoms with E-state index in [0.29, 0.717) is 0 Å². The summed E-state index contributed by atoms with van der Waals surface area (Å²) >= 11 is 1.83. The van der Waals surface area contributed by atoms with E-state index in [9.17, 15) is 5.11 Å². The number of hydrogen-bond acceptors (Lipinski definition) is 4. The van der Waals surface area contributed by atoms with E-state index in [1.54, 1.807) is 0 Å². The molecular formula is C14H20O3S. The number of ether oxygens (including phenoxy) is 2. The maximum Gasteiger partial charge on any atom is 0.119 e. The van der Waals surface area contributed by atoms with Gasteiger partial charge in [0.2, 0.25) is 0 Å². The number of rotatable bonds is 4. The fraction of sp³-hybridized carbons (Fsp3) is 0.571. The van der Waals surface area contributed by atoms with E-state index in [1.165, 1.54) is 0 Å². The normalized spacial score (nSPS) is 21.9. The van der Waals surface area contributed by atoms with E-state index in [0.717, 1.165) is 29.4 Å². The number of hydrogen-bond donors (Lipinski definition) is 1. The van der Waals surface area contributed by atoms with Gasteiger partial charge in [-0.3, -0.25) is 0 Å². The highest BCUT2D eigenvalue weighted by atomic mass is 32.2. The van der Waals surface area contributed by atoms with Crippen LogP contribution in [0, 0.1) is 0 Å². The summed E-state index contributed by atoms with van der Waals surface area (Å²) in [5, 5.41) is 10.2. The maximum atomic E-state index is 10.2. The minimum absolute atomic E-state index is 0.0967. The molecule has 2 unspecified atom stereocenters. The zero-order chi connectivity index (χ0) is 13.0.